The molecule has 0 aliphatic carbocycles. The van der Waals surface area contributed by atoms with Gasteiger partial charge in [-0.25, -0.2) is 4.39 Å². The Bertz CT molecular complexity index is 897. The molecule has 0 spiro atoms. The molecular weight excluding hydrogens is 381 g/mol. The number of carbonyl (C=O) groups is 4. The van der Waals surface area contributed by atoms with Crippen LogP contribution in [0.2, 0.25) is 0 Å². The minimum absolute atomic E-state index is 0.188. The summed E-state index contributed by atoms with van der Waals surface area (Å²) in [6.45, 7) is 2.33. The first-order valence-corrected chi connectivity index (χ1v) is 8.66. The van der Waals surface area contributed by atoms with E-state index in [0.29, 0.717) is 11.4 Å². The number of amides is 3. The molecule has 2 aromatic rings. The van der Waals surface area contributed by atoms with E-state index < -0.39 is 36.2 Å². The topological polar surface area (TPSA) is 114 Å². The Balaban J connectivity index is 1.79. The number of hydrogen-bond donors (Lipinski definition) is 3. The van der Waals surface area contributed by atoms with Gasteiger partial charge in [0.05, 0.1) is 0 Å². The highest BCUT2D eigenvalue weighted by atomic mass is 19.1. The molecule has 8 nitrogen and oxygen atoms in total. The predicted octanol–water partition coefficient (Wildman–Crippen LogP) is 2.08. The zero-order valence-corrected chi connectivity index (χ0v) is 15.8. The number of halogens is 1. The highest BCUT2D eigenvalue weighted by Crippen LogP contribution is 2.14. The molecule has 0 saturated heterocycles. The van der Waals surface area contributed by atoms with Gasteiger partial charge in [-0.15, -0.1) is 0 Å². The third-order valence-electron chi connectivity index (χ3n) is 3.65. The van der Waals surface area contributed by atoms with Crippen LogP contribution in [-0.4, -0.2) is 36.3 Å². The first-order chi connectivity index (χ1) is 13.7. The maximum absolute atomic E-state index is 12.8. The molecule has 0 aromatic heterocycles. The average molecular weight is 401 g/mol. The quantitative estimate of drug-likeness (QED) is 0.615. The second-order valence-electron chi connectivity index (χ2n) is 6.07. The van der Waals surface area contributed by atoms with Gasteiger partial charge in [0.1, 0.15) is 12.4 Å². The fraction of sp³-hybridized carbons (Fsp3) is 0.200. The van der Waals surface area contributed by atoms with E-state index in [1.54, 1.807) is 24.3 Å². The molecule has 0 unspecified atom stereocenters. The summed E-state index contributed by atoms with van der Waals surface area (Å²) in [7, 11) is 0. The molecule has 152 valence electrons. The fourth-order valence-electron chi connectivity index (χ4n) is 2.23. The van der Waals surface area contributed by atoms with E-state index in [9.17, 15) is 23.6 Å². The monoisotopic (exact) mass is 401 g/mol. The molecule has 0 aliphatic heterocycles. The molecule has 1 atom stereocenters. The molecular formula is C20H20FN3O5. The third-order valence-corrected chi connectivity index (χ3v) is 3.65. The van der Waals surface area contributed by atoms with Crippen molar-refractivity contribution >= 4 is 35.1 Å². The average Bonchev–Trinajstić information content (AvgIpc) is 2.67. The summed E-state index contributed by atoms with van der Waals surface area (Å²) in [4.78, 5) is 46.8. The van der Waals surface area contributed by atoms with Gasteiger partial charge in [0.25, 0.3) is 11.8 Å². The van der Waals surface area contributed by atoms with Gasteiger partial charge in [0.2, 0.25) is 5.91 Å². The van der Waals surface area contributed by atoms with Crippen LogP contribution >= 0.6 is 0 Å². The van der Waals surface area contributed by atoms with Crippen LogP contribution in [0, 0.1) is 5.82 Å². The summed E-state index contributed by atoms with van der Waals surface area (Å²) in [5, 5.41) is 7.50. The summed E-state index contributed by atoms with van der Waals surface area (Å²) in [6, 6.07) is 11.2. The number of nitrogens with one attached hydrogen (secondary N) is 3. The van der Waals surface area contributed by atoms with Crippen LogP contribution in [0.15, 0.2) is 48.5 Å². The maximum Gasteiger partial charge on any atom is 0.326 e. The van der Waals surface area contributed by atoms with Crippen LogP contribution in [0.5, 0.6) is 0 Å². The van der Waals surface area contributed by atoms with E-state index in [4.69, 9.17) is 4.74 Å². The smallest absolute Gasteiger partial charge is 0.326 e. The second-order valence-corrected chi connectivity index (χ2v) is 6.07. The van der Waals surface area contributed by atoms with Crippen LogP contribution in [-0.2, 0) is 19.1 Å². The van der Waals surface area contributed by atoms with Crippen LogP contribution in [0.4, 0.5) is 15.8 Å². The summed E-state index contributed by atoms with van der Waals surface area (Å²) < 4.78 is 17.8. The van der Waals surface area contributed by atoms with E-state index in [2.05, 4.69) is 16.0 Å². The number of ether oxygens (including phenoxy) is 1. The van der Waals surface area contributed by atoms with Crippen LogP contribution in [0.25, 0.3) is 0 Å². The van der Waals surface area contributed by atoms with E-state index in [1.165, 1.54) is 26.0 Å². The van der Waals surface area contributed by atoms with Crippen molar-refractivity contribution in [1.29, 1.82) is 0 Å². The zero-order valence-electron chi connectivity index (χ0n) is 15.8. The van der Waals surface area contributed by atoms with Gasteiger partial charge in [-0.05, 0) is 55.5 Å². The summed E-state index contributed by atoms with van der Waals surface area (Å²) >= 11 is 0. The summed E-state index contributed by atoms with van der Waals surface area (Å²) in [5.74, 6) is -2.63. The maximum atomic E-state index is 12.8. The Morgan fingerprint density at radius 1 is 0.931 bits per heavy atom. The van der Waals surface area contributed by atoms with E-state index in [0.717, 1.165) is 12.1 Å². The SMILES string of the molecule is CC(=O)Nc1ccc(NC(=O)[C@H](C)OC(=O)CNC(=O)c2ccc(F)cc2)cc1. The molecule has 0 heterocycles. The number of esters is 1. The van der Waals surface area contributed by atoms with Crippen molar-refractivity contribution in [2.75, 3.05) is 17.2 Å². The number of rotatable bonds is 7. The largest absolute Gasteiger partial charge is 0.451 e. The highest BCUT2D eigenvalue weighted by molar-refractivity contribution is 5.97. The lowest BCUT2D eigenvalue weighted by molar-refractivity contribution is -0.152. The van der Waals surface area contributed by atoms with Crippen molar-refractivity contribution in [3.63, 3.8) is 0 Å². The van der Waals surface area contributed by atoms with Crippen molar-refractivity contribution in [2.45, 2.75) is 20.0 Å². The molecule has 29 heavy (non-hydrogen) atoms. The molecule has 9 heteroatoms. The van der Waals surface area contributed by atoms with E-state index in [1.807, 2.05) is 0 Å². The van der Waals surface area contributed by atoms with Crippen LogP contribution < -0.4 is 16.0 Å². The molecule has 0 bridgehead atoms. The molecule has 0 fully saturated rings. The Hall–Kier alpha value is -3.75. The second kappa shape index (κ2) is 9.98. The van der Waals surface area contributed by atoms with Gasteiger partial charge < -0.3 is 20.7 Å². The molecule has 0 radical (unpaired) electrons. The number of hydrogen-bond acceptors (Lipinski definition) is 5. The lowest BCUT2D eigenvalue weighted by Gasteiger charge is -2.14. The Morgan fingerprint density at radius 2 is 1.48 bits per heavy atom. The predicted molar refractivity (Wildman–Crippen MR) is 104 cm³/mol. The first-order valence-electron chi connectivity index (χ1n) is 8.66. The van der Waals surface area contributed by atoms with Gasteiger partial charge in [-0.2, -0.15) is 0 Å². The lowest BCUT2D eigenvalue weighted by Crippen LogP contribution is -2.35. The van der Waals surface area contributed by atoms with E-state index in [-0.39, 0.29) is 11.5 Å². The van der Waals surface area contributed by atoms with Crippen molar-refractivity contribution in [1.82, 2.24) is 5.32 Å². The number of anilines is 2. The standard InChI is InChI=1S/C20H20FN3O5/c1-12(19(27)24-17-9-7-16(8-10-17)23-13(2)25)29-18(26)11-22-20(28)14-3-5-15(21)6-4-14/h3-10,12H,11H2,1-2H3,(H,22,28)(H,23,25)(H,24,27)/t12-/m0/s1. The molecule has 2 aromatic carbocycles. The normalized spacial score (nSPS) is 11.1. The van der Waals surface area contributed by atoms with Crippen LogP contribution in [0.3, 0.4) is 0 Å². The minimum Gasteiger partial charge on any atom is -0.451 e. The zero-order chi connectivity index (χ0) is 21.4. The molecule has 3 amide bonds. The highest BCUT2D eigenvalue weighted by Gasteiger charge is 2.18. The fourth-order valence-corrected chi connectivity index (χ4v) is 2.23. The van der Waals surface area contributed by atoms with Gasteiger partial charge in [-0.3, -0.25) is 19.2 Å². The van der Waals surface area contributed by atoms with Crippen molar-refractivity contribution in [3.8, 4) is 0 Å². The van der Waals surface area contributed by atoms with Crippen molar-refractivity contribution < 1.29 is 28.3 Å². The lowest BCUT2D eigenvalue weighted by atomic mass is 10.2. The summed E-state index contributed by atoms with van der Waals surface area (Å²) in [6.07, 6.45) is -1.10. The van der Waals surface area contributed by atoms with Gasteiger partial charge in [0.15, 0.2) is 6.10 Å². The summed E-state index contributed by atoms with van der Waals surface area (Å²) in [5.41, 5.74) is 1.22. The minimum atomic E-state index is -1.10. The van der Waals surface area contributed by atoms with E-state index >= 15 is 0 Å². The Labute approximate surface area is 166 Å². The Kier molecular flexibility index (Phi) is 7.41. The Morgan fingerprint density at radius 3 is 2.03 bits per heavy atom. The molecule has 2 rings (SSSR count). The van der Waals surface area contributed by atoms with Gasteiger partial charge >= 0.3 is 5.97 Å². The molecule has 3 N–H and O–H groups in total. The van der Waals surface area contributed by atoms with Gasteiger partial charge in [0, 0.05) is 23.9 Å². The van der Waals surface area contributed by atoms with Gasteiger partial charge in [-0.1, -0.05) is 0 Å². The molecule has 0 aliphatic rings. The van der Waals surface area contributed by atoms with Crippen LogP contribution in [0.1, 0.15) is 24.2 Å². The number of carbonyl (C=O) groups excluding carboxylic acids is 4. The molecule has 0 saturated carbocycles. The first kappa shape index (κ1) is 21.5. The van der Waals surface area contributed by atoms with Crippen molar-refractivity contribution in [3.05, 3.63) is 59.9 Å². The van der Waals surface area contributed by atoms with Crippen molar-refractivity contribution in [2.24, 2.45) is 0 Å². The third kappa shape index (κ3) is 7.06. The number of benzene rings is 2.